The fourth-order valence-corrected chi connectivity index (χ4v) is 3.82. The Labute approximate surface area is 156 Å². The van der Waals surface area contributed by atoms with Crippen LogP contribution in [0.1, 0.15) is 62.1 Å². The van der Waals surface area contributed by atoms with Crippen LogP contribution in [0.5, 0.6) is 0 Å². The number of hydrogen-bond donors (Lipinski definition) is 2. The molecule has 140 valence electrons. The van der Waals surface area contributed by atoms with Crippen molar-refractivity contribution < 1.29 is 4.79 Å². The number of hydrogen-bond acceptors (Lipinski definition) is 3. The molecule has 0 radical (unpaired) electrons. The quantitative estimate of drug-likeness (QED) is 0.837. The highest BCUT2D eigenvalue weighted by molar-refractivity contribution is 5.92. The molecule has 5 nitrogen and oxygen atoms in total. The highest BCUT2D eigenvalue weighted by Gasteiger charge is 2.32. The number of benzene rings is 1. The van der Waals surface area contributed by atoms with E-state index in [4.69, 9.17) is 0 Å². The van der Waals surface area contributed by atoms with Crippen LogP contribution in [0.25, 0.3) is 0 Å². The summed E-state index contributed by atoms with van der Waals surface area (Å²) >= 11 is 0. The van der Waals surface area contributed by atoms with E-state index < -0.39 is 0 Å². The maximum Gasteiger partial charge on any atom is 0.272 e. The molecule has 2 unspecified atom stereocenters. The van der Waals surface area contributed by atoms with Gasteiger partial charge in [-0.05, 0) is 37.4 Å². The first-order valence-electron chi connectivity index (χ1n) is 9.64. The summed E-state index contributed by atoms with van der Waals surface area (Å²) in [5.41, 5.74) is 1.57. The minimum absolute atomic E-state index is 0.0406. The molecule has 2 heterocycles. The zero-order valence-corrected chi connectivity index (χ0v) is 16.0. The lowest BCUT2D eigenvalue weighted by Gasteiger charge is -2.35. The van der Waals surface area contributed by atoms with E-state index in [2.05, 4.69) is 48.6 Å². The van der Waals surface area contributed by atoms with Crippen molar-refractivity contribution in [2.24, 2.45) is 0 Å². The number of aromatic nitrogens is 2. The van der Waals surface area contributed by atoms with Crippen molar-refractivity contribution in [1.29, 1.82) is 0 Å². The van der Waals surface area contributed by atoms with Gasteiger partial charge in [-0.15, -0.1) is 0 Å². The Morgan fingerprint density at radius 1 is 1.35 bits per heavy atom. The topological polar surface area (TPSA) is 59.0 Å². The maximum absolute atomic E-state index is 12.8. The fraction of sp³-hybridized carbons (Fsp3) is 0.524. The summed E-state index contributed by atoms with van der Waals surface area (Å²) in [6.07, 6.45) is 5.04. The summed E-state index contributed by atoms with van der Waals surface area (Å²) in [6.45, 7) is 8.47. The molecule has 2 aromatic rings. The summed E-state index contributed by atoms with van der Waals surface area (Å²) in [6, 6.07) is 12.6. The Hall–Kier alpha value is -2.14. The van der Waals surface area contributed by atoms with Crippen LogP contribution in [0, 0.1) is 0 Å². The van der Waals surface area contributed by atoms with Crippen molar-refractivity contribution in [3.8, 4) is 0 Å². The largest absolute Gasteiger partial charge is 0.347 e. The molecular formula is C21H30N4O. The lowest BCUT2D eigenvalue weighted by atomic mass is 9.76. The van der Waals surface area contributed by atoms with Gasteiger partial charge in [0.25, 0.3) is 5.91 Å². The maximum atomic E-state index is 12.8. The van der Waals surface area contributed by atoms with Gasteiger partial charge in [0.15, 0.2) is 0 Å². The number of nitrogens with one attached hydrogen (secondary N) is 2. The van der Waals surface area contributed by atoms with Crippen molar-refractivity contribution in [2.75, 3.05) is 13.1 Å². The van der Waals surface area contributed by atoms with Crippen LogP contribution in [0.3, 0.4) is 0 Å². The summed E-state index contributed by atoms with van der Waals surface area (Å²) in [5.74, 6) is -0.0941. The Morgan fingerprint density at radius 3 is 2.77 bits per heavy atom. The molecule has 1 saturated heterocycles. The van der Waals surface area contributed by atoms with Crippen LogP contribution >= 0.6 is 0 Å². The average molecular weight is 354 g/mol. The number of carbonyl (C=O) groups excluding carboxylic acids is 1. The summed E-state index contributed by atoms with van der Waals surface area (Å²) < 4.78 is 1.93. The molecule has 1 aromatic carbocycles. The molecule has 26 heavy (non-hydrogen) atoms. The molecule has 3 rings (SSSR count). The molecule has 0 aliphatic carbocycles. The highest BCUT2D eigenvalue weighted by atomic mass is 16.2. The van der Waals surface area contributed by atoms with Gasteiger partial charge < -0.3 is 10.6 Å². The summed E-state index contributed by atoms with van der Waals surface area (Å²) in [4.78, 5) is 12.8. The minimum Gasteiger partial charge on any atom is -0.347 e. The predicted molar refractivity (Wildman–Crippen MR) is 104 cm³/mol. The minimum atomic E-state index is -0.151. The van der Waals surface area contributed by atoms with E-state index in [1.807, 2.05) is 35.1 Å². The first-order valence-corrected chi connectivity index (χ1v) is 9.64. The number of nitrogens with zero attached hydrogens (tertiary/aromatic N) is 2. The third kappa shape index (κ3) is 3.98. The first kappa shape index (κ1) is 18.6. The molecule has 2 N–H and O–H groups in total. The molecular weight excluding hydrogens is 324 g/mol. The van der Waals surface area contributed by atoms with Crippen LogP contribution < -0.4 is 10.6 Å². The van der Waals surface area contributed by atoms with Crippen molar-refractivity contribution >= 4 is 5.91 Å². The standard InChI is InChI=1S/C21H30N4O/c1-4-19(21(2,3)16-9-6-5-7-10-16)23-20(26)18-12-14-25(24-18)17-11-8-13-22-15-17/h5-7,9-10,12,14,17,19,22H,4,8,11,13,15H2,1-3H3,(H,23,26). The smallest absolute Gasteiger partial charge is 0.272 e. The zero-order chi connectivity index (χ0) is 18.6. The third-order valence-corrected chi connectivity index (χ3v) is 5.59. The van der Waals surface area contributed by atoms with Crippen molar-refractivity contribution in [2.45, 2.75) is 57.5 Å². The molecule has 0 spiro atoms. The van der Waals surface area contributed by atoms with Gasteiger partial charge in [-0.3, -0.25) is 9.48 Å². The van der Waals surface area contributed by atoms with E-state index >= 15 is 0 Å². The molecule has 0 saturated carbocycles. The van der Waals surface area contributed by atoms with E-state index in [1.54, 1.807) is 0 Å². The van der Waals surface area contributed by atoms with E-state index in [1.165, 1.54) is 5.56 Å². The molecule has 1 aliphatic heterocycles. The van der Waals surface area contributed by atoms with Crippen molar-refractivity contribution in [1.82, 2.24) is 20.4 Å². The van der Waals surface area contributed by atoms with Crippen LogP contribution in [0.4, 0.5) is 0 Å². The van der Waals surface area contributed by atoms with Gasteiger partial charge >= 0.3 is 0 Å². The first-order chi connectivity index (χ1) is 12.5. The van der Waals surface area contributed by atoms with Gasteiger partial charge in [0.2, 0.25) is 0 Å². The fourth-order valence-electron chi connectivity index (χ4n) is 3.82. The molecule has 2 atom stereocenters. The summed E-state index contributed by atoms with van der Waals surface area (Å²) in [5, 5.41) is 11.1. The Bertz CT molecular complexity index is 717. The van der Waals surface area contributed by atoms with Crippen LogP contribution in [0.15, 0.2) is 42.6 Å². The van der Waals surface area contributed by atoms with E-state index in [0.717, 1.165) is 32.4 Å². The normalized spacial score (nSPS) is 19.1. The number of amides is 1. The highest BCUT2D eigenvalue weighted by Crippen LogP contribution is 2.29. The third-order valence-electron chi connectivity index (χ3n) is 5.59. The van der Waals surface area contributed by atoms with E-state index in [-0.39, 0.29) is 17.4 Å². The lowest BCUT2D eigenvalue weighted by Crippen LogP contribution is -2.47. The second-order valence-electron chi connectivity index (χ2n) is 7.70. The van der Waals surface area contributed by atoms with E-state index in [9.17, 15) is 4.79 Å². The van der Waals surface area contributed by atoms with Crippen molar-refractivity contribution in [3.63, 3.8) is 0 Å². The van der Waals surface area contributed by atoms with Gasteiger partial charge in [-0.25, -0.2) is 0 Å². The van der Waals surface area contributed by atoms with Gasteiger partial charge in [-0.1, -0.05) is 51.1 Å². The average Bonchev–Trinajstić information content (AvgIpc) is 3.17. The van der Waals surface area contributed by atoms with Gasteiger partial charge in [0.1, 0.15) is 5.69 Å². The Kier molecular flexibility index (Phi) is 5.77. The molecule has 5 heteroatoms. The van der Waals surface area contributed by atoms with E-state index in [0.29, 0.717) is 11.7 Å². The van der Waals surface area contributed by atoms with Crippen LogP contribution in [-0.4, -0.2) is 34.8 Å². The van der Waals surface area contributed by atoms with Gasteiger partial charge in [0.05, 0.1) is 6.04 Å². The second-order valence-corrected chi connectivity index (χ2v) is 7.70. The van der Waals surface area contributed by atoms with Gasteiger partial charge in [0, 0.05) is 24.2 Å². The lowest BCUT2D eigenvalue weighted by molar-refractivity contribution is 0.0910. The monoisotopic (exact) mass is 354 g/mol. The van der Waals surface area contributed by atoms with Crippen molar-refractivity contribution in [3.05, 3.63) is 53.9 Å². The second kappa shape index (κ2) is 8.04. The number of carbonyl (C=O) groups is 1. The Morgan fingerprint density at radius 2 is 2.12 bits per heavy atom. The van der Waals surface area contributed by atoms with Crippen LogP contribution in [0.2, 0.25) is 0 Å². The number of piperidine rings is 1. The molecule has 0 bridgehead atoms. The SMILES string of the molecule is CCC(NC(=O)c1ccn(C2CCCNC2)n1)C(C)(C)c1ccccc1. The molecule has 1 aliphatic rings. The Balaban J connectivity index is 1.70. The predicted octanol–water partition coefficient (Wildman–Crippen LogP) is 3.29. The molecule has 1 fully saturated rings. The number of rotatable bonds is 6. The molecule has 1 aromatic heterocycles. The molecule has 1 amide bonds. The van der Waals surface area contributed by atoms with Gasteiger partial charge in [-0.2, -0.15) is 5.10 Å². The zero-order valence-electron chi connectivity index (χ0n) is 16.0. The van der Waals surface area contributed by atoms with Crippen LogP contribution in [-0.2, 0) is 5.41 Å². The summed E-state index contributed by atoms with van der Waals surface area (Å²) in [7, 11) is 0.